The van der Waals surface area contributed by atoms with Crippen LogP contribution < -0.4 is 0 Å². The van der Waals surface area contributed by atoms with Gasteiger partial charge in [-0.2, -0.15) is 5.26 Å². The standard InChI is InChI=1S/C72H47NO/c73-43-44-31-35-63-66(39-44)58-23-9-10-24-59(58)68-42-48(51-28-14-29-65-64-25-11-12-30-70(64)74-72(51)65)34-38-61(68)62-37-33-47(41-69(62)63)50-27-13-26-49(71(50)45-15-1-2-16-45)46-32-36-60-56-21-6-5-19-54(56)52-17-3-4-18-53(52)55-20-7-8-22-57(55)67(60)40-46/h3-14,17-42,45H,1-2,15-16H2/i45D. The molecule has 0 amide bonds. The van der Waals surface area contributed by atoms with Gasteiger partial charge in [0.1, 0.15) is 11.2 Å². The number of hydrogen-bond donors (Lipinski definition) is 0. The summed E-state index contributed by atoms with van der Waals surface area (Å²) < 4.78 is 17.1. The van der Waals surface area contributed by atoms with Crippen molar-refractivity contribution < 1.29 is 5.79 Å². The molecule has 1 saturated carbocycles. The van der Waals surface area contributed by atoms with Crippen LogP contribution in [-0.2, 0) is 0 Å². The first kappa shape index (κ1) is 41.3. The van der Waals surface area contributed by atoms with Crippen LogP contribution in [0.25, 0.3) is 144 Å². The summed E-state index contributed by atoms with van der Waals surface area (Å²) in [5.74, 6) is -0.784. The average Bonchev–Trinajstić information content (AvgIpc) is 4.10. The summed E-state index contributed by atoms with van der Waals surface area (Å²) in [5.41, 5.74) is 28.4. The van der Waals surface area contributed by atoms with Crippen LogP contribution in [-0.4, -0.2) is 0 Å². The van der Waals surface area contributed by atoms with E-state index in [9.17, 15) is 6.63 Å². The fourth-order valence-electron chi connectivity index (χ4n) is 12.8. The van der Waals surface area contributed by atoms with E-state index in [0.717, 1.165) is 131 Å². The lowest BCUT2D eigenvalue weighted by atomic mass is 9.77. The molecule has 346 valence electrons. The highest BCUT2D eigenvalue weighted by molar-refractivity contribution is 6.11. The normalized spacial score (nSPS) is 13.7. The highest BCUT2D eigenvalue weighted by atomic mass is 16.3. The Balaban J connectivity index is 0.945. The van der Waals surface area contributed by atoms with Gasteiger partial charge in [0.05, 0.1) is 11.6 Å². The van der Waals surface area contributed by atoms with Gasteiger partial charge in [-0.3, -0.25) is 0 Å². The van der Waals surface area contributed by atoms with Gasteiger partial charge in [0.15, 0.2) is 0 Å². The maximum Gasteiger partial charge on any atom is 0.143 e. The van der Waals surface area contributed by atoms with Crippen LogP contribution in [0.4, 0.5) is 0 Å². The van der Waals surface area contributed by atoms with Crippen molar-refractivity contribution in [1.82, 2.24) is 0 Å². The molecule has 1 heterocycles. The van der Waals surface area contributed by atoms with E-state index in [1.807, 2.05) is 18.2 Å². The van der Waals surface area contributed by atoms with Crippen LogP contribution in [0.2, 0.25) is 0 Å². The third-order valence-corrected chi connectivity index (χ3v) is 16.2. The maximum atomic E-state index is 10.5. The van der Waals surface area contributed by atoms with Gasteiger partial charge in [-0.25, -0.2) is 0 Å². The Morgan fingerprint density at radius 1 is 0.338 bits per heavy atom. The molecule has 2 heteroatoms. The number of nitrogens with zero attached hydrogens (tertiary/aromatic N) is 1. The van der Waals surface area contributed by atoms with Crippen LogP contribution in [0.3, 0.4) is 0 Å². The van der Waals surface area contributed by atoms with Crippen LogP contribution in [0.1, 0.15) is 44.1 Å². The first-order chi connectivity index (χ1) is 37.0. The number of benzene rings is 11. The zero-order valence-corrected chi connectivity index (χ0v) is 40.6. The molecule has 1 aromatic heterocycles. The Morgan fingerprint density at radius 3 is 1.19 bits per heavy atom. The van der Waals surface area contributed by atoms with E-state index in [-0.39, 0.29) is 0 Å². The summed E-state index contributed by atoms with van der Waals surface area (Å²) in [5, 5.41) is 12.6. The first-order valence-corrected chi connectivity index (χ1v) is 25.9. The lowest BCUT2D eigenvalue weighted by Gasteiger charge is -2.26. The molecule has 0 saturated heterocycles. The van der Waals surface area contributed by atoms with E-state index in [2.05, 4.69) is 218 Å². The largest absolute Gasteiger partial charge is 0.455 e. The molecule has 0 radical (unpaired) electrons. The fourth-order valence-corrected chi connectivity index (χ4v) is 12.8. The highest BCUT2D eigenvalue weighted by Gasteiger charge is 2.29. The van der Waals surface area contributed by atoms with Gasteiger partial charge in [-0.15, -0.1) is 0 Å². The molecule has 0 aliphatic heterocycles. The lowest BCUT2D eigenvalue weighted by Crippen LogP contribution is -2.02. The summed E-state index contributed by atoms with van der Waals surface area (Å²) >= 11 is 0. The number of furan rings is 1. The van der Waals surface area contributed by atoms with Gasteiger partial charge in [0.25, 0.3) is 0 Å². The summed E-state index contributed by atoms with van der Waals surface area (Å²) in [6, 6.07) is 86.0. The van der Waals surface area contributed by atoms with Gasteiger partial charge in [-0.05, 0) is 178 Å². The number of rotatable bonds is 4. The van der Waals surface area contributed by atoms with Crippen molar-refractivity contribution in [3.8, 4) is 128 Å². The van der Waals surface area contributed by atoms with E-state index >= 15 is 0 Å². The van der Waals surface area contributed by atoms with E-state index in [1.54, 1.807) is 0 Å². The molecule has 3 aliphatic rings. The van der Waals surface area contributed by atoms with Crippen molar-refractivity contribution in [3.05, 3.63) is 242 Å². The number of para-hydroxylation sites is 2. The minimum Gasteiger partial charge on any atom is -0.455 e. The number of hydrogen-bond acceptors (Lipinski definition) is 2. The highest BCUT2D eigenvalue weighted by Crippen LogP contribution is 2.53. The van der Waals surface area contributed by atoms with Gasteiger partial charge >= 0.3 is 0 Å². The second-order valence-electron chi connectivity index (χ2n) is 20.2. The Kier molecular flexibility index (Phi) is 9.45. The molecule has 1 fully saturated rings. The van der Waals surface area contributed by atoms with Crippen molar-refractivity contribution in [1.29, 1.82) is 5.26 Å². The van der Waals surface area contributed by atoms with Crippen molar-refractivity contribution >= 4 is 21.9 Å². The predicted molar refractivity (Wildman–Crippen MR) is 307 cm³/mol. The third-order valence-electron chi connectivity index (χ3n) is 16.2. The fraction of sp³-hybridized carbons (Fsp3) is 0.0694. The van der Waals surface area contributed by atoms with E-state index in [4.69, 9.17) is 4.42 Å². The van der Waals surface area contributed by atoms with Crippen molar-refractivity contribution in [2.24, 2.45) is 0 Å². The quantitative estimate of drug-likeness (QED) is 0.176. The van der Waals surface area contributed by atoms with E-state index in [0.29, 0.717) is 5.56 Å². The Labute approximate surface area is 432 Å². The molecule has 0 spiro atoms. The van der Waals surface area contributed by atoms with Crippen molar-refractivity contribution in [3.63, 3.8) is 0 Å². The molecule has 3 aliphatic carbocycles. The monoisotopic (exact) mass is 942 g/mol. The molecule has 15 rings (SSSR count). The zero-order valence-electron chi connectivity index (χ0n) is 41.6. The minimum absolute atomic E-state index is 0.617. The van der Waals surface area contributed by atoms with Crippen molar-refractivity contribution in [2.75, 3.05) is 0 Å². The molecule has 0 unspecified atom stereocenters. The van der Waals surface area contributed by atoms with E-state index in [1.165, 1.54) is 44.5 Å². The lowest BCUT2D eigenvalue weighted by molar-refractivity contribution is 0.670. The molecular weight excluding hydrogens is 895 g/mol. The van der Waals surface area contributed by atoms with Crippen LogP contribution in [0.5, 0.6) is 0 Å². The van der Waals surface area contributed by atoms with Crippen LogP contribution >= 0.6 is 0 Å². The summed E-state index contributed by atoms with van der Waals surface area (Å²) in [6.45, 7) is 0. The summed E-state index contributed by atoms with van der Waals surface area (Å²) in [7, 11) is 0. The maximum absolute atomic E-state index is 10.5. The minimum atomic E-state index is -0.784. The van der Waals surface area contributed by atoms with E-state index < -0.39 is 5.89 Å². The number of fused-ring (bicyclic) bond motifs is 19. The summed E-state index contributed by atoms with van der Waals surface area (Å²) in [6.07, 6.45) is 3.64. The molecule has 0 atom stereocenters. The van der Waals surface area contributed by atoms with Gasteiger partial charge in [0, 0.05) is 17.7 Å². The molecule has 12 aromatic rings. The molecule has 74 heavy (non-hydrogen) atoms. The molecular formula is C72H47NO. The Morgan fingerprint density at radius 2 is 0.689 bits per heavy atom. The SMILES string of the molecule is [2H]C1(c2c(-c3ccc4c(c3)-c3ccccc3-c3ccccc3-c3ccccc3-4)cccc2-c2ccc3c(c2)-c2ccc(C#N)cc2-c2ccccc2-c2cc(-c4cccc5c4oc4ccccc45)ccc2-3)CCCC1. The predicted octanol–water partition coefficient (Wildman–Crippen LogP) is 20.1. The average molecular weight is 943 g/mol. The zero-order chi connectivity index (χ0) is 49.8. The molecule has 0 bridgehead atoms. The molecule has 11 aromatic carbocycles. The number of nitriles is 1. The topological polar surface area (TPSA) is 36.9 Å². The first-order valence-electron chi connectivity index (χ1n) is 26.4. The molecule has 2 nitrogen and oxygen atoms in total. The van der Waals surface area contributed by atoms with Crippen LogP contribution in [0, 0.1) is 11.3 Å². The second kappa shape index (κ2) is 16.9. The summed E-state index contributed by atoms with van der Waals surface area (Å²) in [4.78, 5) is 0. The smallest absolute Gasteiger partial charge is 0.143 e. The van der Waals surface area contributed by atoms with Crippen molar-refractivity contribution in [2.45, 2.75) is 31.6 Å². The second-order valence-corrected chi connectivity index (χ2v) is 20.2. The third kappa shape index (κ3) is 6.57. The van der Waals surface area contributed by atoms with Gasteiger partial charge in [0.2, 0.25) is 0 Å². The Bertz CT molecular complexity index is 4400. The van der Waals surface area contributed by atoms with Gasteiger partial charge < -0.3 is 4.42 Å². The van der Waals surface area contributed by atoms with Gasteiger partial charge in [-0.1, -0.05) is 207 Å². The van der Waals surface area contributed by atoms with Crippen LogP contribution in [0.15, 0.2) is 235 Å². The Hall–Kier alpha value is -9.29. The molecule has 0 N–H and O–H groups in total.